The SMILES string of the molecule is c1ccc(-n2c3ccccc3c3ccc(N4c5ccccc5C(c5ccccc5)(c5cccc6c5sc5ccccc56)c5ccccc54)cc32)cc1. The molecular formula is C49H32N2S. The number of benzene rings is 8. The molecule has 244 valence electrons. The highest BCUT2D eigenvalue weighted by atomic mass is 32.1. The van der Waals surface area contributed by atoms with Crippen LogP contribution >= 0.6 is 11.3 Å². The molecule has 3 heteroatoms. The van der Waals surface area contributed by atoms with Gasteiger partial charge in [0.15, 0.2) is 0 Å². The predicted octanol–water partition coefficient (Wildman–Crippen LogP) is 13.3. The lowest BCUT2D eigenvalue weighted by Gasteiger charge is -2.46. The second-order valence-electron chi connectivity index (χ2n) is 13.7. The van der Waals surface area contributed by atoms with E-state index in [4.69, 9.17) is 0 Å². The van der Waals surface area contributed by atoms with Gasteiger partial charge in [-0.3, -0.25) is 0 Å². The van der Waals surface area contributed by atoms with Crippen molar-refractivity contribution in [3.05, 3.63) is 216 Å². The average Bonchev–Trinajstić information content (AvgIpc) is 3.76. The molecule has 2 nitrogen and oxygen atoms in total. The Bertz CT molecular complexity index is 2920. The van der Waals surface area contributed by atoms with Gasteiger partial charge in [-0.1, -0.05) is 146 Å². The molecule has 0 spiro atoms. The molecule has 0 amide bonds. The molecular weight excluding hydrogens is 649 g/mol. The maximum Gasteiger partial charge on any atom is 0.0756 e. The molecule has 11 rings (SSSR count). The fourth-order valence-electron chi connectivity index (χ4n) is 8.97. The Kier molecular flexibility index (Phi) is 6.37. The summed E-state index contributed by atoms with van der Waals surface area (Å²) in [5, 5.41) is 5.13. The number of aromatic nitrogens is 1. The van der Waals surface area contributed by atoms with Crippen LogP contribution in [0.25, 0.3) is 47.7 Å². The van der Waals surface area contributed by atoms with Gasteiger partial charge in [-0.05, 0) is 70.8 Å². The summed E-state index contributed by atoms with van der Waals surface area (Å²) in [7, 11) is 0. The van der Waals surface area contributed by atoms with Crippen LogP contribution in [0.3, 0.4) is 0 Å². The zero-order valence-corrected chi connectivity index (χ0v) is 29.1. The molecule has 0 radical (unpaired) electrons. The van der Waals surface area contributed by atoms with Gasteiger partial charge >= 0.3 is 0 Å². The molecule has 0 saturated carbocycles. The van der Waals surface area contributed by atoms with Crippen molar-refractivity contribution in [1.29, 1.82) is 0 Å². The van der Waals surface area contributed by atoms with E-state index < -0.39 is 5.41 Å². The smallest absolute Gasteiger partial charge is 0.0756 e. The largest absolute Gasteiger partial charge is 0.310 e. The Morgan fingerprint density at radius 3 is 1.73 bits per heavy atom. The van der Waals surface area contributed by atoms with Crippen LogP contribution in [0.15, 0.2) is 194 Å². The summed E-state index contributed by atoms with van der Waals surface area (Å²) in [6.45, 7) is 0. The number of rotatable bonds is 4. The van der Waals surface area contributed by atoms with E-state index in [1.54, 1.807) is 0 Å². The third-order valence-corrected chi connectivity index (χ3v) is 12.3. The average molecular weight is 681 g/mol. The van der Waals surface area contributed by atoms with Crippen molar-refractivity contribution in [1.82, 2.24) is 4.57 Å². The molecule has 52 heavy (non-hydrogen) atoms. The van der Waals surface area contributed by atoms with Gasteiger partial charge in [0.1, 0.15) is 0 Å². The minimum atomic E-state index is -0.561. The van der Waals surface area contributed by atoms with E-state index in [1.807, 2.05) is 11.3 Å². The second-order valence-corrected chi connectivity index (χ2v) is 14.7. The first kappa shape index (κ1) is 29.3. The molecule has 1 aliphatic rings. The maximum absolute atomic E-state index is 2.49. The highest BCUT2D eigenvalue weighted by Gasteiger charge is 2.47. The molecule has 10 aromatic rings. The summed E-state index contributed by atoms with van der Waals surface area (Å²) < 4.78 is 5.06. The lowest BCUT2D eigenvalue weighted by atomic mass is 9.62. The topological polar surface area (TPSA) is 8.17 Å². The summed E-state index contributed by atoms with van der Waals surface area (Å²) in [5.41, 5.74) is 11.6. The van der Waals surface area contributed by atoms with E-state index in [0.29, 0.717) is 0 Å². The summed E-state index contributed by atoms with van der Waals surface area (Å²) >= 11 is 1.91. The van der Waals surface area contributed by atoms with Crippen LogP contribution in [0.2, 0.25) is 0 Å². The fraction of sp³-hybridized carbons (Fsp3) is 0.0204. The Morgan fingerprint density at radius 2 is 0.962 bits per heavy atom. The van der Waals surface area contributed by atoms with Crippen molar-refractivity contribution in [2.45, 2.75) is 5.41 Å². The molecule has 0 saturated heterocycles. The van der Waals surface area contributed by atoms with Gasteiger partial charge < -0.3 is 9.47 Å². The van der Waals surface area contributed by atoms with Gasteiger partial charge in [0, 0.05) is 42.3 Å². The van der Waals surface area contributed by atoms with Crippen molar-refractivity contribution in [2.24, 2.45) is 0 Å². The van der Waals surface area contributed by atoms with Gasteiger partial charge in [0.2, 0.25) is 0 Å². The van der Waals surface area contributed by atoms with Crippen LogP contribution in [0.4, 0.5) is 17.1 Å². The number of anilines is 3. The second kappa shape index (κ2) is 11.3. The van der Waals surface area contributed by atoms with Crippen molar-refractivity contribution in [2.75, 3.05) is 4.90 Å². The molecule has 0 fully saturated rings. The normalized spacial score (nSPS) is 13.5. The zero-order valence-electron chi connectivity index (χ0n) is 28.3. The third kappa shape index (κ3) is 4.00. The molecule has 3 heterocycles. The summed E-state index contributed by atoms with van der Waals surface area (Å²) in [6.07, 6.45) is 0. The molecule has 0 unspecified atom stereocenters. The van der Waals surface area contributed by atoms with E-state index in [1.165, 1.54) is 75.6 Å². The van der Waals surface area contributed by atoms with Gasteiger partial charge in [0.05, 0.1) is 27.8 Å². The summed E-state index contributed by atoms with van der Waals surface area (Å²) in [5.74, 6) is 0. The van der Waals surface area contributed by atoms with E-state index in [2.05, 4.69) is 204 Å². The fourth-order valence-corrected chi connectivity index (χ4v) is 10.2. The minimum absolute atomic E-state index is 0.561. The number of hydrogen-bond donors (Lipinski definition) is 0. The number of para-hydroxylation sites is 4. The van der Waals surface area contributed by atoms with Crippen LogP contribution < -0.4 is 4.90 Å². The van der Waals surface area contributed by atoms with Gasteiger partial charge in [-0.15, -0.1) is 11.3 Å². The van der Waals surface area contributed by atoms with Crippen molar-refractivity contribution in [3.8, 4) is 5.69 Å². The minimum Gasteiger partial charge on any atom is -0.310 e. The highest BCUT2D eigenvalue weighted by molar-refractivity contribution is 7.26. The monoisotopic (exact) mass is 680 g/mol. The van der Waals surface area contributed by atoms with Crippen LogP contribution in [-0.4, -0.2) is 4.57 Å². The Hall–Kier alpha value is -6.42. The van der Waals surface area contributed by atoms with Gasteiger partial charge in [-0.25, -0.2) is 0 Å². The zero-order chi connectivity index (χ0) is 34.2. The first-order valence-corrected chi connectivity index (χ1v) is 18.7. The lowest BCUT2D eigenvalue weighted by molar-refractivity contribution is 0.739. The number of thiophene rings is 1. The molecule has 8 aromatic carbocycles. The van der Waals surface area contributed by atoms with Crippen LogP contribution in [-0.2, 0) is 5.41 Å². The predicted molar refractivity (Wildman–Crippen MR) is 220 cm³/mol. The molecule has 2 aromatic heterocycles. The third-order valence-electron chi connectivity index (χ3n) is 11.0. The van der Waals surface area contributed by atoms with E-state index in [9.17, 15) is 0 Å². The summed E-state index contributed by atoms with van der Waals surface area (Å²) in [6, 6.07) is 71.5. The highest BCUT2D eigenvalue weighted by Crippen LogP contribution is 2.59. The van der Waals surface area contributed by atoms with Crippen molar-refractivity contribution >= 4 is 70.4 Å². The lowest BCUT2D eigenvalue weighted by Crippen LogP contribution is -2.37. The molecule has 1 aliphatic heterocycles. The van der Waals surface area contributed by atoms with Crippen LogP contribution in [0, 0.1) is 0 Å². The quantitative estimate of drug-likeness (QED) is 0.180. The van der Waals surface area contributed by atoms with E-state index >= 15 is 0 Å². The molecule has 0 bridgehead atoms. The van der Waals surface area contributed by atoms with Gasteiger partial charge in [0.25, 0.3) is 0 Å². The first-order chi connectivity index (χ1) is 25.8. The van der Waals surface area contributed by atoms with E-state index in [-0.39, 0.29) is 0 Å². The van der Waals surface area contributed by atoms with Crippen LogP contribution in [0.5, 0.6) is 0 Å². The maximum atomic E-state index is 2.49. The molecule has 0 aliphatic carbocycles. The molecule has 0 N–H and O–H groups in total. The van der Waals surface area contributed by atoms with Gasteiger partial charge in [-0.2, -0.15) is 0 Å². The number of hydrogen-bond acceptors (Lipinski definition) is 2. The Labute approximate surface area is 306 Å². The Balaban J connectivity index is 1.24. The Morgan fingerprint density at radius 1 is 0.385 bits per heavy atom. The number of fused-ring (bicyclic) bond motifs is 8. The first-order valence-electron chi connectivity index (χ1n) is 17.9. The summed E-state index contributed by atoms with van der Waals surface area (Å²) in [4.78, 5) is 2.49. The van der Waals surface area contributed by atoms with E-state index in [0.717, 1.165) is 11.4 Å². The number of nitrogens with zero attached hydrogens (tertiary/aromatic N) is 2. The van der Waals surface area contributed by atoms with Crippen molar-refractivity contribution < 1.29 is 0 Å². The van der Waals surface area contributed by atoms with Crippen molar-refractivity contribution in [3.63, 3.8) is 0 Å². The standard InChI is InChI=1S/C49H32N2S/c1-3-16-33(17-4-1)49(42-25-15-22-39-38-21-8-14-29-47(38)52-48(39)42)40-23-9-12-27-44(40)51(45-28-13-10-24-41(45)49)35-30-31-37-36-20-7-11-26-43(36)50(46(37)32-35)34-18-5-2-6-19-34/h1-32H. The van der Waals surface area contributed by atoms with Crippen LogP contribution in [0.1, 0.15) is 22.3 Å². The molecule has 0 atom stereocenters.